The van der Waals surface area contributed by atoms with Crippen LogP contribution in [-0.4, -0.2) is 30.6 Å². The predicted molar refractivity (Wildman–Crippen MR) is 110 cm³/mol. The summed E-state index contributed by atoms with van der Waals surface area (Å²) in [4.78, 5) is 10.6. The molecule has 5 nitrogen and oxygen atoms in total. The van der Waals surface area contributed by atoms with Crippen LogP contribution in [0.2, 0.25) is 5.02 Å². The second-order valence-corrected chi connectivity index (χ2v) is 6.60. The van der Waals surface area contributed by atoms with E-state index in [1.807, 2.05) is 50.5 Å². The highest BCUT2D eigenvalue weighted by molar-refractivity contribution is 6.30. The second-order valence-electron chi connectivity index (χ2n) is 6.16. The molecule has 3 aromatic rings. The zero-order valence-electron chi connectivity index (χ0n) is 14.9. The molecule has 0 bridgehead atoms. The smallest absolute Gasteiger partial charge is 0.135 e. The largest absolute Gasteiger partial charge is 0.378 e. The molecular weight excluding hydrogens is 346 g/mol. The zero-order chi connectivity index (χ0) is 18.4. The van der Waals surface area contributed by atoms with Gasteiger partial charge in [-0.1, -0.05) is 23.7 Å². The van der Waals surface area contributed by atoms with Crippen LogP contribution in [-0.2, 0) is 6.42 Å². The summed E-state index contributed by atoms with van der Waals surface area (Å²) in [7, 11) is 4.04. The maximum atomic E-state index is 6.01. The zero-order valence-corrected chi connectivity index (χ0v) is 15.7. The lowest BCUT2D eigenvalue weighted by Crippen LogP contribution is -2.08. The average Bonchev–Trinajstić information content (AvgIpc) is 2.63. The van der Waals surface area contributed by atoms with Gasteiger partial charge in [-0.3, -0.25) is 0 Å². The molecule has 0 amide bonds. The number of anilines is 4. The number of nitrogens with one attached hydrogen (secondary N) is 2. The summed E-state index contributed by atoms with van der Waals surface area (Å²) in [5.74, 6) is 1.54. The molecule has 0 saturated heterocycles. The summed E-state index contributed by atoms with van der Waals surface area (Å²) in [5, 5.41) is 7.38. The van der Waals surface area contributed by atoms with E-state index in [-0.39, 0.29) is 0 Å². The van der Waals surface area contributed by atoms with Crippen molar-refractivity contribution in [3.8, 4) is 0 Å². The number of hydrogen-bond donors (Lipinski definition) is 2. The van der Waals surface area contributed by atoms with Crippen molar-refractivity contribution >= 4 is 34.6 Å². The van der Waals surface area contributed by atoms with Gasteiger partial charge in [0.2, 0.25) is 0 Å². The summed E-state index contributed by atoms with van der Waals surface area (Å²) in [6.07, 6.45) is 2.43. The first kappa shape index (κ1) is 18.0. The number of halogens is 1. The van der Waals surface area contributed by atoms with Crippen molar-refractivity contribution in [3.05, 3.63) is 71.5 Å². The Morgan fingerprint density at radius 2 is 1.73 bits per heavy atom. The van der Waals surface area contributed by atoms with Crippen molar-refractivity contribution < 1.29 is 0 Å². The molecule has 0 aliphatic rings. The minimum atomic E-state index is 0.753. The molecule has 6 heteroatoms. The van der Waals surface area contributed by atoms with Gasteiger partial charge in [-0.25, -0.2) is 9.97 Å². The van der Waals surface area contributed by atoms with Crippen LogP contribution in [0.4, 0.5) is 23.0 Å². The molecule has 0 aliphatic carbocycles. The number of hydrogen-bond acceptors (Lipinski definition) is 5. The van der Waals surface area contributed by atoms with Gasteiger partial charge in [-0.05, 0) is 48.4 Å². The van der Waals surface area contributed by atoms with Crippen LogP contribution in [0.1, 0.15) is 5.56 Å². The molecule has 0 aliphatic heterocycles. The molecule has 26 heavy (non-hydrogen) atoms. The molecule has 2 aromatic carbocycles. The Kier molecular flexibility index (Phi) is 5.92. The number of nitrogens with zero attached hydrogens (tertiary/aromatic N) is 3. The summed E-state index contributed by atoms with van der Waals surface area (Å²) in [6, 6.07) is 18.0. The number of benzene rings is 2. The van der Waals surface area contributed by atoms with Crippen LogP contribution >= 0.6 is 11.6 Å². The summed E-state index contributed by atoms with van der Waals surface area (Å²) in [5.41, 5.74) is 3.33. The maximum Gasteiger partial charge on any atom is 0.135 e. The van der Waals surface area contributed by atoms with Gasteiger partial charge in [-0.2, -0.15) is 0 Å². The highest BCUT2D eigenvalue weighted by Crippen LogP contribution is 2.20. The molecule has 0 unspecified atom stereocenters. The van der Waals surface area contributed by atoms with E-state index in [2.05, 4.69) is 43.7 Å². The van der Waals surface area contributed by atoms with Crippen molar-refractivity contribution in [1.82, 2.24) is 9.97 Å². The normalized spacial score (nSPS) is 10.4. The molecule has 0 fully saturated rings. The molecule has 1 heterocycles. The Morgan fingerprint density at radius 3 is 2.46 bits per heavy atom. The van der Waals surface area contributed by atoms with Gasteiger partial charge in [0.1, 0.15) is 18.0 Å². The van der Waals surface area contributed by atoms with Crippen molar-refractivity contribution in [1.29, 1.82) is 0 Å². The van der Waals surface area contributed by atoms with E-state index < -0.39 is 0 Å². The van der Waals surface area contributed by atoms with Gasteiger partial charge < -0.3 is 15.5 Å². The lowest BCUT2D eigenvalue weighted by atomic mass is 10.1. The Balaban J connectivity index is 1.57. The van der Waals surface area contributed by atoms with Gasteiger partial charge in [0.15, 0.2) is 0 Å². The number of rotatable bonds is 7. The maximum absolute atomic E-state index is 6.01. The first-order valence-corrected chi connectivity index (χ1v) is 8.83. The summed E-state index contributed by atoms with van der Waals surface area (Å²) < 4.78 is 0. The van der Waals surface area contributed by atoms with Gasteiger partial charge in [-0.15, -0.1) is 0 Å². The molecule has 0 saturated carbocycles. The fourth-order valence-corrected chi connectivity index (χ4v) is 2.75. The first-order chi connectivity index (χ1) is 12.6. The Morgan fingerprint density at radius 1 is 0.962 bits per heavy atom. The predicted octanol–water partition coefficient (Wildman–Crippen LogP) is 4.59. The SMILES string of the molecule is CN(C)c1ccc(Nc2cc(NCCc3cccc(Cl)c3)ncn2)cc1. The average molecular weight is 368 g/mol. The number of aromatic nitrogens is 2. The molecule has 2 N–H and O–H groups in total. The van der Waals surface area contributed by atoms with E-state index in [9.17, 15) is 0 Å². The Bertz CT molecular complexity index is 849. The van der Waals surface area contributed by atoms with Gasteiger partial charge in [0, 0.05) is 43.1 Å². The topological polar surface area (TPSA) is 53.1 Å². The molecule has 0 atom stereocenters. The van der Waals surface area contributed by atoms with Crippen molar-refractivity contribution in [2.45, 2.75) is 6.42 Å². The van der Waals surface area contributed by atoms with Crippen molar-refractivity contribution in [2.24, 2.45) is 0 Å². The van der Waals surface area contributed by atoms with E-state index in [1.54, 1.807) is 6.33 Å². The van der Waals surface area contributed by atoms with E-state index in [0.717, 1.165) is 41.0 Å². The Hall–Kier alpha value is -2.79. The highest BCUT2D eigenvalue weighted by Gasteiger charge is 2.01. The van der Waals surface area contributed by atoms with Crippen LogP contribution in [0, 0.1) is 0 Å². The molecule has 0 spiro atoms. The fraction of sp³-hybridized carbons (Fsp3) is 0.200. The van der Waals surface area contributed by atoms with Gasteiger partial charge in [0.05, 0.1) is 0 Å². The van der Waals surface area contributed by atoms with Gasteiger partial charge in [0.25, 0.3) is 0 Å². The van der Waals surface area contributed by atoms with Crippen molar-refractivity contribution in [3.63, 3.8) is 0 Å². The van der Waals surface area contributed by atoms with E-state index >= 15 is 0 Å². The second kappa shape index (κ2) is 8.54. The third-order valence-electron chi connectivity index (χ3n) is 3.93. The minimum Gasteiger partial charge on any atom is -0.378 e. The van der Waals surface area contributed by atoms with Crippen LogP contribution < -0.4 is 15.5 Å². The lowest BCUT2D eigenvalue weighted by molar-refractivity contribution is 1.000. The Labute approximate surface area is 159 Å². The molecular formula is C20H22ClN5. The minimum absolute atomic E-state index is 0.753. The van der Waals surface area contributed by atoms with Crippen LogP contribution in [0.5, 0.6) is 0 Å². The van der Waals surface area contributed by atoms with Gasteiger partial charge >= 0.3 is 0 Å². The standard InChI is InChI=1S/C20H22ClN5/c1-26(2)18-8-6-17(7-9-18)25-20-13-19(23-14-24-20)22-11-10-15-4-3-5-16(21)12-15/h3-9,12-14H,10-11H2,1-2H3,(H2,22,23,24,25). The summed E-state index contributed by atoms with van der Waals surface area (Å²) >= 11 is 6.01. The molecule has 1 aromatic heterocycles. The van der Waals surface area contributed by atoms with E-state index in [4.69, 9.17) is 11.6 Å². The van der Waals surface area contributed by atoms with Crippen LogP contribution in [0.3, 0.4) is 0 Å². The van der Waals surface area contributed by atoms with Crippen LogP contribution in [0.25, 0.3) is 0 Å². The third-order valence-corrected chi connectivity index (χ3v) is 4.17. The monoisotopic (exact) mass is 367 g/mol. The summed E-state index contributed by atoms with van der Waals surface area (Å²) in [6.45, 7) is 0.772. The third kappa shape index (κ3) is 5.10. The quantitative estimate of drug-likeness (QED) is 0.639. The molecule has 0 radical (unpaired) electrons. The first-order valence-electron chi connectivity index (χ1n) is 8.45. The highest BCUT2D eigenvalue weighted by atomic mass is 35.5. The lowest BCUT2D eigenvalue weighted by Gasteiger charge is -2.13. The molecule has 3 rings (SSSR count). The fourth-order valence-electron chi connectivity index (χ4n) is 2.54. The van der Waals surface area contributed by atoms with E-state index in [1.165, 1.54) is 5.56 Å². The molecule has 134 valence electrons. The van der Waals surface area contributed by atoms with E-state index in [0.29, 0.717) is 0 Å². The van der Waals surface area contributed by atoms with Crippen LogP contribution in [0.15, 0.2) is 60.9 Å². The van der Waals surface area contributed by atoms with Crippen molar-refractivity contribution in [2.75, 3.05) is 36.2 Å².